The van der Waals surface area contributed by atoms with Crippen LogP contribution in [0.4, 0.5) is 0 Å². The summed E-state index contributed by atoms with van der Waals surface area (Å²) in [6.07, 6.45) is 14.3. The van der Waals surface area contributed by atoms with E-state index in [1.54, 1.807) is 0 Å². The molecular weight excluding hydrogens is 398 g/mol. The molecule has 0 heterocycles. The second-order valence-electron chi connectivity index (χ2n) is 9.48. The highest BCUT2D eigenvalue weighted by molar-refractivity contribution is 5.17. The maximum Gasteiger partial charge on any atom is 0.105 e. The van der Waals surface area contributed by atoms with Crippen LogP contribution >= 0.6 is 0 Å². The van der Waals surface area contributed by atoms with Crippen LogP contribution < -0.4 is 0 Å². The molecule has 0 radical (unpaired) electrons. The summed E-state index contributed by atoms with van der Waals surface area (Å²) in [6.45, 7) is 6.44. The van der Waals surface area contributed by atoms with Crippen LogP contribution in [0.2, 0.25) is 0 Å². The van der Waals surface area contributed by atoms with E-state index in [2.05, 4.69) is 110 Å². The maximum atomic E-state index is 2.46. The predicted octanol–water partition coefficient (Wildman–Crippen LogP) is 8.71. The Balaban J connectivity index is 1.75. The van der Waals surface area contributed by atoms with Crippen LogP contribution in [0.1, 0.15) is 68.6 Å². The molecule has 1 nitrogen and oxygen atoms in total. The van der Waals surface area contributed by atoms with E-state index in [4.69, 9.17) is 0 Å². The minimum Gasteiger partial charge on any atom is -0.309 e. The third-order valence-electron chi connectivity index (χ3n) is 6.47. The van der Waals surface area contributed by atoms with Crippen LogP contribution in [-0.2, 0) is 19.6 Å². The smallest absolute Gasteiger partial charge is 0.105 e. The fraction of sp³-hybridized carbons (Fsp3) is 0.375. The number of hydrogen-bond acceptors (Lipinski definition) is 0. The van der Waals surface area contributed by atoms with Gasteiger partial charge in [0.15, 0.2) is 0 Å². The van der Waals surface area contributed by atoms with Crippen molar-refractivity contribution in [2.24, 2.45) is 0 Å². The quantitative estimate of drug-likeness (QED) is 0.126. The zero-order valence-electron chi connectivity index (χ0n) is 20.5. The Labute approximate surface area is 202 Å². The van der Waals surface area contributed by atoms with E-state index >= 15 is 0 Å². The molecule has 0 unspecified atom stereocenters. The Morgan fingerprint density at radius 2 is 0.939 bits per heavy atom. The first kappa shape index (κ1) is 25.0. The van der Waals surface area contributed by atoms with Gasteiger partial charge in [0, 0.05) is 16.7 Å². The fourth-order valence-corrected chi connectivity index (χ4v) is 4.73. The minimum atomic E-state index is 1.00. The van der Waals surface area contributed by atoms with Crippen LogP contribution in [0.15, 0.2) is 103 Å². The molecule has 3 rings (SSSR count). The van der Waals surface area contributed by atoms with Gasteiger partial charge in [0.2, 0.25) is 0 Å². The van der Waals surface area contributed by atoms with Crippen molar-refractivity contribution >= 4 is 0 Å². The summed E-state index contributed by atoms with van der Waals surface area (Å²) in [5, 5.41) is 0. The summed E-state index contributed by atoms with van der Waals surface area (Å²) in [5.74, 6) is 0. The van der Waals surface area contributed by atoms with Gasteiger partial charge in [0.1, 0.15) is 19.6 Å². The first-order valence-electron chi connectivity index (χ1n) is 12.9. The lowest BCUT2D eigenvalue weighted by Gasteiger charge is -2.38. The van der Waals surface area contributed by atoms with Crippen molar-refractivity contribution in [3.63, 3.8) is 0 Å². The molecule has 0 fully saturated rings. The zero-order chi connectivity index (χ0) is 23.0. The number of benzene rings is 3. The number of unbranched alkanes of at least 4 members (excludes halogenated alkanes) is 6. The van der Waals surface area contributed by atoms with Gasteiger partial charge in [-0.1, -0.05) is 136 Å². The molecular formula is C32H42N+. The predicted molar refractivity (Wildman–Crippen MR) is 143 cm³/mol. The molecule has 0 aliphatic heterocycles. The largest absolute Gasteiger partial charge is 0.309 e. The molecule has 0 aliphatic carbocycles. The van der Waals surface area contributed by atoms with E-state index in [0.29, 0.717) is 0 Å². The number of quaternary nitrogens is 1. The molecule has 0 bridgehead atoms. The molecule has 0 saturated carbocycles. The van der Waals surface area contributed by atoms with Gasteiger partial charge in [0.05, 0.1) is 6.54 Å². The SMILES string of the molecule is CCCCCCCC/C=C/C[N+](Cc1ccccc1)(Cc1ccccc1)Cc1ccccc1. The lowest BCUT2D eigenvalue weighted by molar-refractivity contribution is -0.961. The Hall–Kier alpha value is -2.64. The zero-order valence-corrected chi connectivity index (χ0v) is 20.5. The first-order chi connectivity index (χ1) is 16.3. The second kappa shape index (κ2) is 14.5. The number of hydrogen-bond donors (Lipinski definition) is 0. The number of allylic oxidation sites excluding steroid dienone is 1. The first-order valence-corrected chi connectivity index (χ1v) is 12.9. The van der Waals surface area contributed by atoms with E-state index in [0.717, 1.165) is 30.7 Å². The Morgan fingerprint density at radius 3 is 1.39 bits per heavy atom. The Kier molecular flexibility index (Phi) is 11.0. The maximum absolute atomic E-state index is 2.46. The summed E-state index contributed by atoms with van der Waals surface area (Å²) in [7, 11) is 0. The summed E-state index contributed by atoms with van der Waals surface area (Å²) in [5.41, 5.74) is 4.23. The molecule has 0 amide bonds. The summed E-state index contributed by atoms with van der Waals surface area (Å²) < 4.78 is 1.00. The molecule has 33 heavy (non-hydrogen) atoms. The molecule has 3 aromatic carbocycles. The van der Waals surface area contributed by atoms with Gasteiger partial charge in [-0.2, -0.15) is 0 Å². The normalized spacial score (nSPS) is 11.8. The van der Waals surface area contributed by atoms with Gasteiger partial charge in [-0.3, -0.25) is 0 Å². The van der Waals surface area contributed by atoms with E-state index in [1.165, 1.54) is 61.6 Å². The van der Waals surface area contributed by atoms with Crippen LogP contribution in [0.5, 0.6) is 0 Å². The monoisotopic (exact) mass is 440 g/mol. The van der Waals surface area contributed by atoms with Crippen LogP contribution in [0.25, 0.3) is 0 Å². The summed E-state index contributed by atoms with van der Waals surface area (Å²) in [4.78, 5) is 0. The Morgan fingerprint density at radius 1 is 0.515 bits per heavy atom. The highest BCUT2D eigenvalue weighted by Gasteiger charge is 2.27. The molecule has 0 atom stereocenters. The van der Waals surface area contributed by atoms with Gasteiger partial charge in [0.25, 0.3) is 0 Å². The average molecular weight is 441 g/mol. The van der Waals surface area contributed by atoms with Gasteiger partial charge in [-0.15, -0.1) is 0 Å². The van der Waals surface area contributed by atoms with Crippen LogP contribution in [0.3, 0.4) is 0 Å². The van der Waals surface area contributed by atoms with Gasteiger partial charge in [-0.25, -0.2) is 0 Å². The third kappa shape index (κ3) is 9.40. The van der Waals surface area contributed by atoms with E-state index in [-0.39, 0.29) is 0 Å². The summed E-state index contributed by atoms with van der Waals surface area (Å²) in [6, 6.07) is 33.1. The van der Waals surface area contributed by atoms with Crippen LogP contribution in [0, 0.1) is 0 Å². The van der Waals surface area contributed by atoms with Gasteiger partial charge >= 0.3 is 0 Å². The van der Waals surface area contributed by atoms with Crippen molar-refractivity contribution < 1.29 is 4.48 Å². The topological polar surface area (TPSA) is 0 Å². The second-order valence-corrected chi connectivity index (χ2v) is 9.48. The molecule has 3 aromatic rings. The Bertz CT molecular complexity index is 798. The van der Waals surface area contributed by atoms with Crippen LogP contribution in [-0.4, -0.2) is 11.0 Å². The van der Waals surface area contributed by atoms with E-state index < -0.39 is 0 Å². The van der Waals surface area contributed by atoms with Crippen molar-refractivity contribution in [3.8, 4) is 0 Å². The van der Waals surface area contributed by atoms with Crippen molar-refractivity contribution in [2.75, 3.05) is 6.54 Å². The molecule has 1 heteroatoms. The highest BCUT2D eigenvalue weighted by atomic mass is 15.3. The minimum absolute atomic E-state index is 1.00. The fourth-order valence-electron chi connectivity index (χ4n) is 4.73. The summed E-state index contributed by atoms with van der Waals surface area (Å²) >= 11 is 0. The average Bonchev–Trinajstić information content (AvgIpc) is 2.85. The highest BCUT2D eigenvalue weighted by Crippen LogP contribution is 2.24. The number of nitrogens with zero attached hydrogens (tertiary/aromatic N) is 1. The molecule has 0 N–H and O–H groups in total. The lowest BCUT2D eigenvalue weighted by Crippen LogP contribution is -2.46. The lowest BCUT2D eigenvalue weighted by atomic mass is 10.1. The molecule has 0 aliphatic rings. The van der Waals surface area contributed by atoms with Crippen molar-refractivity contribution in [1.82, 2.24) is 0 Å². The standard InChI is InChI=1S/C32H42N/c1-2-3-4-5-6-7-8-9-19-26-33(27-30-20-13-10-14-21-30,28-31-22-15-11-16-23-31)29-32-24-17-12-18-25-32/h9-25H,2-8,26-29H2,1H3/q+1/b19-9+. The van der Waals surface area contributed by atoms with Crippen molar-refractivity contribution in [2.45, 2.75) is 71.5 Å². The molecule has 0 aromatic heterocycles. The van der Waals surface area contributed by atoms with Crippen molar-refractivity contribution in [1.29, 1.82) is 0 Å². The van der Waals surface area contributed by atoms with Gasteiger partial charge < -0.3 is 4.48 Å². The third-order valence-corrected chi connectivity index (χ3v) is 6.47. The number of rotatable bonds is 15. The van der Waals surface area contributed by atoms with Gasteiger partial charge in [-0.05, 0) is 18.9 Å². The van der Waals surface area contributed by atoms with Crippen molar-refractivity contribution in [3.05, 3.63) is 120 Å². The van der Waals surface area contributed by atoms with E-state index in [9.17, 15) is 0 Å². The molecule has 0 saturated heterocycles. The molecule has 0 spiro atoms. The van der Waals surface area contributed by atoms with E-state index in [1.807, 2.05) is 0 Å². The molecule has 174 valence electrons.